The lowest BCUT2D eigenvalue weighted by atomic mass is 10.00. The van der Waals surface area contributed by atoms with E-state index in [1.165, 1.54) is 28.9 Å². The maximum absolute atomic E-state index is 14.5. The van der Waals surface area contributed by atoms with Crippen molar-refractivity contribution in [3.05, 3.63) is 69.1 Å². The summed E-state index contributed by atoms with van der Waals surface area (Å²) in [4.78, 5) is 23.2. The third kappa shape index (κ3) is 3.85. The SMILES string of the molecule is O=C1c2cnc(Nc3cc4c(cc3F)CNCC4)nc2SCN1c1c(Cl)cccc1Cl. The molecule has 158 valence electrons. The van der Waals surface area contributed by atoms with Gasteiger partial charge in [-0.1, -0.05) is 41.0 Å². The molecule has 0 spiro atoms. The van der Waals surface area contributed by atoms with Crippen molar-refractivity contribution in [2.45, 2.75) is 18.0 Å². The second kappa shape index (κ2) is 8.27. The van der Waals surface area contributed by atoms with Crippen LogP contribution in [0, 0.1) is 5.82 Å². The molecule has 0 aliphatic carbocycles. The number of nitrogens with zero attached hydrogens (tertiary/aromatic N) is 3. The number of anilines is 3. The molecule has 6 nitrogen and oxygen atoms in total. The predicted molar refractivity (Wildman–Crippen MR) is 121 cm³/mol. The number of aromatic nitrogens is 2. The number of benzene rings is 2. The van der Waals surface area contributed by atoms with Gasteiger partial charge in [-0.2, -0.15) is 0 Å². The molecule has 0 saturated carbocycles. The summed E-state index contributed by atoms with van der Waals surface area (Å²) in [6, 6.07) is 8.42. The van der Waals surface area contributed by atoms with E-state index in [9.17, 15) is 9.18 Å². The first kappa shape index (κ1) is 20.5. The van der Waals surface area contributed by atoms with Crippen LogP contribution in [0.2, 0.25) is 10.0 Å². The summed E-state index contributed by atoms with van der Waals surface area (Å²) in [5, 5.41) is 7.48. The first-order valence-electron chi connectivity index (χ1n) is 9.56. The van der Waals surface area contributed by atoms with Crippen molar-refractivity contribution in [1.82, 2.24) is 15.3 Å². The molecule has 2 aliphatic rings. The van der Waals surface area contributed by atoms with Crippen molar-refractivity contribution in [2.24, 2.45) is 0 Å². The summed E-state index contributed by atoms with van der Waals surface area (Å²) >= 11 is 13.9. The fourth-order valence-electron chi connectivity index (χ4n) is 3.64. The topological polar surface area (TPSA) is 70.1 Å². The third-order valence-electron chi connectivity index (χ3n) is 5.19. The number of nitrogens with one attached hydrogen (secondary N) is 2. The molecule has 1 amide bonds. The molecule has 31 heavy (non-hydrogen) atoms. The van der Waals surface area contributed by atoms with Crippen LogP contribution in [0.3, 0.4) is 0 Å². The zero-order valence-corrected chi connectivity index (χ0v) is 18.4. The minimum absolute atomic E-state index is 0.232. The van der Waals surface area contributed by atoms with Gasteiger partial charge >= 0.3 is 0 Å². The van der Waals surface area contributed by atoms with E-state index < -0.39 is 0 Å². The standard InChI is InChI=1S/C21H16Cl2FN5OS/c22-14-2-1-3-15(23)18(14)29-10-31-19-13(20(29)30)9-26-21(28-19)27-17-7-11-4-5-25-8-12(11)6-16(17)24/h1-3,6-7,9,25H,4-5,8,10H2,(H,26,27,28). The summed E-state index contributed by atoms with van der Waals surface area (Å²) in [7, 11) is 0. The third-order valence-corrected chi connectivity index (χ3v) is 6.77. The van der Waals surface area contributed by atoms with Crippen LogP contribution < -0.4 is 15.5 Å². The number of carbonyl (C=O) groups excluding carboxylic acids is 1. The monoisotopic (exact) mass is 475 g/mol. The molecular formula is C21H16Cl2FN5OS. The Morgan fingerprint density at radius 2 is 2.00 bits per heavy atom. The van der Waals surface area contributed by atoms with Gasteiger partial charge in [-0.05, 0) is 48.4 Å². The molecule has 3 aromatic rings. The van der Waals surface area contributed by atoms with Crippen LogP contribution in [0.5, 0.6) is 0 Å². The van der Waals surface area contributed by atoms with Crippen LogP contribution in [0.25, 0.3) is 0 Å². The average Bonchev–Trinajstić information content (AvgIpc) is 2.75. The van der Waals surface area contributed by atoms with Gasteiger partial charge in [0, 0.05) is 12.7 Å². The fourth-order valence-corrected chi connectivity index (χ4v) is 5.19. The maximum Gasteiger partial charge on any atom is 0.263 e. The number of rotatable bonds is 3. The fraction of sp³-hybridized carbons (Fsp3) is 0.190. The van der Waals surface area contributed by atoms with E-state index in [2.05, 4.69) is 20.6 Å². The van der Waals surface area contributed by atoms with Gasteiger partial charge in [-0.15, -0.1) is 0 Å². The number of halogens is 3. The smallest absolute Gasteiger partial charge is 0.263 e. The maximum atomic E-state index is 14.5. The first-order chi connectivity index (χ1) is 15.0. The van der Waals surface area contributed by atoms with Gasteiger partial charge in [0.1, 0.15) is 10.8 Å². The Labute approximate surface area is 192 Å². The lowest BCUT2D eigenvalue weighted by molar-refractivity contribution is 0.0985. The van der Waals surface area contributed by atoms with Gasteiger partial charge in [0.15, 0.2) is 0 Å². The Morgan fingerprint density at radius 3 is 2.81 bits per heavy atom. The molecule has 3 heterocycles. The van der Waals surface area contributed by atoms with E-state index in [1.54, 1.807) is 24.3 Å². The number of hydrogen-bond acceptors (Lipinski definition) is 6. The highest BCUT2D eigenvalue weighted by Gasteiger charge is 2.30. The molecule has 0 atom stereocenters. The summed E-state index contributed by atoms with van der Waals surface area (Å²) in [5.74, 6) is -0.128. The van der Waals surface area contributed by atoms with Gasteiger partial charge in [-0.25, -0.2) is 14.4 Å². The number of carbonyl (C=O) groups is 1. The second-order valence-corrected chi connectivity index (χ2v) is 8.89. The Kier molecular flexibility index (Phi) is 5.47. The molecule has 10 heteroatoms. The van der Waals surface area contributed by atoms with Gasteiger partial charge < -0.3 is 10.6 Å². The molecule has 0 radical (unpaired) electrons. The number of hydrogen-bond donors (Lipinski definition) is 2. The van der Waals surface area contributed by atoms with Gasteiger partial charge in [0.25, 0.3) is 5.91 Å². The molecule has 2 aliphatic heterocycles. The lowest BCUT2D eigenvalue weighted by Gasteiger charge is -2.28. The molecule has 0 unspecified atom stereocenters. The number of fused-ring (bicyclic) bond motifs is 2. The summed E-state index contributed by atoms with van der Waals surface area (Å²) in [5.41, 5.74) is 3.17. The average molecular weight is 476 g/mol. The van der Waals surface area contributed by atoms with Crippen LogP contribution >= 0.6 is 35.0 Å². The van der Waals surface area contributed by atoms with Gasteiger partial charge in [-0.3, -0.25) is 9.69 Å². The van der Waals surface area contributed by atoms with E-state index in [-0.39, 0.29) is 17.7 Å². The Bertz CT molecular complexity index is 1190. The van der Waals surface area contributed by atoms with Crippen LogP contribution in [-0.4, -0.2) is 28.3 Å². The molecule has 0 saturated heterocycles. The molecule has 2 aromatic carbocycles. The normalized spacial score (nSPS) is 15.5. The highest BCUT2D eigenvalue weighted by molar-refractivity contribution is 7.99. The van der Waals surface area contributed by atoms with Crippen molar-refractivity contribution in [1.29, 1.82) is 0 Å². The van der Waals surface area contributed by atoms with E-state index in [0.717, 1.165) is 24.1 Å². The molecular weight excluding hydrogens is 460 g/mol. The van der Waals surface area contributed by atoms with Crippen molar-refractivity contribution in [3.63, 3.8) is 0 Å². The Morgan fingerprint density at radius 1 is 1.19 bits per heavy atom. The molecule has 5 rings (SSSR count). The number of thioether (sulfide) groups is 1. The van der Waals surface area contributed by atoms with E-state index in [4.69, 9.17) is 23.2 Å². The van der Waals surface area contributed by atoms with Crippen molar-refractivity contribution < 1.29 is 9.18 Å². The quantitative estimate of drug-likeness (QED) is 0.518. The van der Waals surface area contributed by atoms with Crippen molar-refractivity contribution >= 4 is 58.2 Å². The van der Waals surface area contributed by atoms with E-state index in [0.29, 0.717) is 44.4 Å². The van der Waals surface area contributed by atoms with Crippen LogP contribution in [0.4, 0.5) is 21.7 Å². The van der Waals surface area contributed by atoms with Crippen molar-refractivity contribution in [3.8, 4) is 0 Å². The molecule has 2 N–H and O–H groups in total. The molecule has 0 fully saturated rings. The Hall–Kier alpha value is -2.39. The largest absolute Gasteiger partial charge is 0.322 e. The summed E-state index contributed by atoms with van der Waals surface area (Å²) < 4.78 is 14.5. The van der Waals surface area contributed by atoms with Crippen LogP contribution in [0.15, 0.2) is 41.6 Å². The van der Waals surface area contributed by atoms with E-state index in [1.807, 2.05) is 0 Å². The summed E-state index contributed by atoms with van der Waals surface area (Å²) in [6.07, 6.45) is 2.28. The van der Waals surface area contributed by atoms with Gasteiger partial charge in [0.05, 0.1) is 32.9 Å². The van der Waals surface area contributed by atoms with E-state index >= 15 is 0 Å². The zero-order chi connectivity index (χ0) is 21.5. The lowest BCUT2D eigenvalue weighted by Crippen LogP contribution is -2.35. The molecule has 0 bridgehead atoms. The Balaban J connectivity index is 1.42. The minimum Gasteiger partial charge on any atom is -0.322 e. The summed E-state index contributed by atoms with van der Waals surface area (Å²) in [6.45, 7) is 1.52. The van der Waals surface area contributed by atoms with Crippen molar-refractivity contribution in [2.75, 3.05) is 22.6 Å². The van der Waals surface area contributed by atoms with Crippen LogP contribution in [-0.2, 0) is 13.0 Å². The predicted octanol–water partition coefficient (Wildman–Crippen LogP) is 5.02. The number of amides is 1. The highest BCUT2D eigenvalue weighted by Crippen LogP contribution is 2.39. The van der Waals surface area contributed by atoms with Crippen LogP contribution in [0.1, 0.15) is 21.5 Å². The minimum atomic E-state index is -0.368. The molecule has 1 aromatic heterocycles. The highest BCUT2D eigenvalue weighted by atomic mass is 35.5. The number of para-hydroxylation sites is 1. The first-order valence-corrected chi connectivity index (χ1v) is 11.3. The van der Waals surface area contributed by atoms with Gasteiger partial charge in [0.2, 0.25) is 5.95 Å². The zero-order valence-electron chi connectivity index (χ0n) is 16.1. The second-order valence-electron chi connectivity index (χ2n) is 7.14.